The zero-order valence-electron chi connectivity index (χ0n) is 14.6. The molecule has 0 aliphatic carbocycles. The molecule has 1 N–H and O–H groups in total. The summed E-state index contributed by atoms with van der Waals surface area (Å²) in [5.74, 6) is -0.618. The monoisotopic (exact) mass is 341 g/mol. The van der Waals surface area contributed by atoms with Crippen LogP contribution >= 0.6 is 0 Å². The maximum atomic E-state index is 11.8. The highest BCUT2D eigenvalue weighted by Gasteiger charge is 2.16. The summed E-state index contributed by atoms with van der Waals surface area (Å²) in [6.45, 7) is 11.5. The first kappa shape index (κ1) is 19.4. The third-order valence-electron chi connectivity index (χ3n) is 3.08. The normalized spacial score (nSPS) is 11.3. The topological polar surface area (TPSA) is 82.5 Å². The lowest BCUT2D eigenvalue weighted by Crippen LogP contribution is -2.23. The van der Waals surface area contributed by atoms with Gasteiger partial charge in [0.2, 0.25) is 5.91 Å². The standard InChI is InChI=1S/C15H27N3O4Si/c1-6-22-15(20)14-9-13(10-16-12(2)19)18(17-14)11-21-7-8-23(3,4)5/h9H,6-8,10-11H2,1-5H3,(H,16,19). The molecule has 0 aliphatic heterocycles. The SMILES string of the molecule is CCOC(=O)c1cc(CNC(C)=O)n(COCC[Si](C)(C)C)n1. The number of carbonyl (C=O) groups excluding carboxylic acids is 2. The highest BCUT2D eigenvalue weighted by atomic mass is 28.3. The van der Waals surface area contributed by atoms with Gasteiger partial charge in [-0.2, -0.15) is 5.10 Å². The predicted molar refractivity (Wildman–Crippen MR) is 89.8 cm³/mol. The molecule has 0 saturated carbocycles. The van der Waals surface area contributed by atoms with Crippen molar-refractivity contribution in [2.45, 2.75) is 52.8 Å². The molecule has 130 valence electrons. The van der Waals surface area contributed by atoms with Gasteiger partial charge in [0.1, 0.15) is 6.73 Å². The number of esters is 1. The Hall–Kier alpha value is -1.67. The van der Waals surface area contributed by atoms with E-state index in [-0.39, 0.29) is 18.3 Å². The number of ether oxygens (including phenoxy) is 2. The molecule has 0 aliphatic rings. The maximum absolute atomic E-state index is 11.8. The van der Waals surface area contributed by atoms with Crippen LogP contribution in [0.5, 0.6) is 0 Å². The average Bonchev–Trinajstić information content (AvgIpc) is 2.84. The number of rotatable bonds is 9. The lowest BCUT2D eigenvalue weighted by Gasteiger charge is -2.15. The molecule has 8 heteroatoms. The third kappa shape index (κ3) is 7.42. The largest absolute Gasteiger partial charge is 0.461 e. The van der Waals surface area contributed by atoms with Crippen molar-refractivity contribution in [2.24, 2.45) is 0 Å². The van der Waals surface area contributed by atoms with Gasteiger partial charge in [-0.25, -0.2) is 9.48 Å². The van der Waals surface area contributed by atoms with Crippen molar-refractivity contribution in [3.63, 3.8) is 0 Å². The molecule has 0 spiro atoms. The van der Waals surface area contributed by atoms with Crippen LogP contribution in [-0.2, 0) is 27.5 Å². The van der Waals surface area contributed by atoms with Gasteiger partial charge in [-0.15, -0.1) is 0 Å². The third-order valence-corrected chi connectivity index (χ3v) is 4.78. The number of hydrogen-bond acceptors (Lipinski definition) is 5. The first-order valence-corrected chi connectivity index (χ1v) is 11.5. The molecule has 0 radical (unpaired) electrons. The molecule has 0 fully saturated rings. The molecule has 1 aromatic heterocycles. The lowest BCUT2D eigenvalue weighted by molar-refractivity contribution is -0.119. The minimum atomic E-state index is -1.15. The molecule has 7 nitrogen and oxygen atoms in total. The molecule has 0 unspecified atom stereocenters. The van der Waals surface area contributed by atoms with E-state index in [4.69, 9.17) is 9.47 Å². The van der Waals surface area contributed by atoms with Crippen molar-refractivity contribution in [3.05, 3.63) is 17.5 Å². The Bertz CT molecular complexity index is 537. The van der Waals surface area contributed by atoms with Crippen molar-refractivity contribution >= 4 is 20.0 Å². The van der Waals surface area contributed by atoms with Crippen LogP contribution < -0.4 is 5.32 Å². The van der Waals surface area contributed by atoms with Crippen molar-refractivity contribution in [1.82, 2.24) is 15.1 Å². The van der Waals surface area contributed by atoms with E-state index in [1.807, 2.05) is 0 Å². The summed E-state index contributed by atoms with van der Waals surface area (Å²) in [6.07, 6.45) is 0. The highest BCUT2D eigenvalue weighted by Crippen LogP contribution is 2.10. The number of carbonyl (C=O) groups is 2. The maximum Gasteiger partial charge on any atom is 0.358 e. The van der Waals surface area contributed by atoms with Gasteiger partial charge in [0.25, 0.3) is 0 Å². The van der Waals surface area contributed by atoms with E-state index < -0.39 is 14.0 Å². The molecule has 1 heterocycles. The van der Waals surface area contributed by atoms with Crippen LogP contribution in [0.2, 0.25) is 25.7 Å². The van der Waals surface area contributed by atoms with Gasteiger partial charge in [-0.3, -0.25) is 4.79 Å². The molecule has 0 saturated heterocycles. The van der Waals surface area contributed by atoms with Gasteiger partial charge < -0.3 is 14.8 Å². The van der Waals surface area contributed by atoms with E-state index in [1.54, 1.807) is 17.7 Å². The number of aromatic nitrogens is 2. The van der Waals surface area contributed by atoms with E-state index in [0.717, 1.165) is 6.04 Å². The highest BCUT2D eigenvalue weighted by molar-refractivity contribution is 6.76. The van der Waals surface area contributed by atoms with Crippen LogP contribution in [0.1, 0.15) is 30.0 Å². The summed E-state index contributed by atoms with van der Waals surface area (Å²) in [7, 11) is -1.15. The molecular formula is C15H27N3O4Si. The van der Waals surface area contributed by atoms with Crippen molar-refractivity contribution in [2.75, 3.05) is 13.2 Å². The van der Waals surface area contributed by atoms with Crippen molar-refractivity contribution in [1.29, 1.82) is 0 Å². The zero-order valence-corrected chi connectivity index (χ0v) is 15.6. The van der Waals surface area contributed by atoms with E-state index in [9.17, 15) is 9.59 Å². The summed E-state index contributed by atoms with van der Waals surface area (Å²) in [4.78, 5) is 22.9. The Morgan fingerprint density at radius 2 is 2.04 bits per heavy atom. The molecule has 0 aromatic carbocycles. The Balaban J connectivity index is 2.72. The quantitative estimate of drug-likeness (QED) is 0.422. The van der Waals surface area contributed by atoms with Gasteiger partial charge in [-0.05, 0) is 19.0 Å². The first-order chi connectivity index (χ1) is 10.7. The van der Waals surface area contributed by atoms with Gasteiger partial charge in [0.05, 0.1) is 18.8 Å². The Morgan fingerprint density at radius 3 is 2.61 bits per heavy atom. The predicted octanol–water partition coefficient (Wildman–Crippen LogP) is 2.01. The summed E-state index contributed by atoms with van der Waals surface area (Å²) in [5.41, 5.74) is 0.928. The van der Waals surface area contributed by atoms with Gasteiger partial charge in [-0.1, -0.05) is 19.6 Å². The second-order valence-corrected chi connectivity index (χ2v) is 12.1. The first-order valence-electron chi connectivity index (χ1n) is 7.79. The molecule has 1 rings (SSSR count). The molecule has 23 heavy (non-hydrogen) atoms. The second kappa shape index (κ2) is 8.83. The average molecular weight is 341 g/mol. The number of nitrogens with zero attached hydrogens (tertiary/aromatic N) is 2. The fourth-order valence-corrected chi connectivity index (χ4v) is 2.52. The smallest absolute Gasteiger partial charge is 0.358 e. The van der Waals surface area contributed by atoms with Crippen LogP contribution in [0.3, 0.4) is 0 Å². The summed E-state index contributed by atoms with van der Waals surface area (Å²) in [5, 5.41) is 6.92. The number of amides is 1. The van der Waals surface area contributed by atoms with Crippen LogP contribution in [0.25, 0.3) is 0 Å². The summed E-state index contributed by atoms with van der Waals surface area (Å²) in [6, 6.07) is 2.68. The van der Waals surface area contributed by atoms with Gasteiger partial charge in [0, 0.05) is 21.6 Å². The fourth-order valence-electron chi connectivity index (χ4n) is 1.76. The number of hydrogen-bond donors (Lipinski definition) is 1. The van der Waals surface area contributed by atoms with Crippen LogP contribution in [0.15, 0.2) is 6.07 Å². The van der Waals surface area contributed by atoms with Crippen molar-refractivity contribution in [3.8, 4) is 0 Å². The Labute approximate surface area is 138 Å². The van der Waals surface area contributed by atoms with E-state index in [1.165, 1.54) is 6.92 Å². The van der Waals surface area contributed by atoms with E-state index in [0.29, 0.717) is 25.5 Å². The van der Waals surface area contributed by atoms with Crippen LogP contribution in [0.4, 0.5) is 0 Å². The zero-order chi connectivity index (χ0) is 17.5. The Morgan fingerprint density at radius 1 is 1.35 bits per heavy atom. The van der Waals surface area contributed by atoms with Crippen molar-refractivity contribution < 1.29 is 19.1 Å². The summed E-state index contributed by atoms with van der Waals surface area (Å²) < 4.78 is 12.2. The molecule has 0 atom stereocenters. The summed E-state index contributed by atoms with van der Waals surface area (Å²) >= 11 is 0. The Kier molecular flexibility index (Phi) is 7.44. The minimum Gasteiger partial charge on any atom is -0.461 e. The second-order valence-electron chi connectivity index (χ2n) is 6.50. The van der Waals surface area contributed by atoms with Crippen LogP contribution in [0, 0.1) is 0 Å². The molecule has 0 bridgehead atoms. The minimum absolute atomic E-state index is 0.143. The van der Waals surface area contributed by atoms with Gasteiger partial charge >= 0.3 is 5.97 Å². The molecule has 1 aromatic rings. The lowest BCUT2D eigenvalue weighted by atomic mass is 10.3. The molecular weight excluding hydrogens is 314 g/mol. The molecule has 1 amide bonds. The fraction of sp³-hybridized carbons (Fsp3) is 0.667. The van der Waals surface area contributed by atoms with E-state index in [2.05, 4.69) is 30.1 Å². The van der Waals surface area contributed by atoms with Gasteiger partial charge in [0.15, 0.2) is 5.69 Å². The van der Waals surface area contributed by atoms with Crippen LogP contribution in [-0.4, -0.2) is 42.9 Å². The van der Waals surface area contributed by atoms with E-state index >= 15 is 0 Å². The number of nitrogens with one attached hydrogen (secondary N) is 1.